The standard InChI is InChI=1S/C8H19NO2S/c1-8(2,3)9-5-7(10)6-12(4)11/h7,9-10H,5-6H2,1-4H3. The van der Waals surface area contributed by atoms with Crippen molar-refractivity contribution in [2.24, 2.45) is 0 Å². The number of nitrogens with one attached hydrogen (secondary N) is 1. The third-order valence-electron chi connectivity index (χ3n) is 1.30. The molecule has 74 valence electrons. The smallest absolute Gasteiger partial charge is 0.0779 e. The van der Waals surface area contributed by atoms with Crippen LogP contribution in [0.4, 0.5) is 0 Å². The van der Waals surface area contributed by atoms with E-state index in [4.69, 9.17) is 0 Å². The first kappa shape index (κ1) is 12.1. The molecule has 0 aliphatic carbocycles. The van der Waals surface area contributed by atoms with Crippen LogP contribution < -0.4 is 5.32 Å². The van der Waals surface area contributed by atoms with Gasteiger partial charge in [0.25, 0.3) is 0 Å². The third-order valence-corrected chi connectivity index (χ3v) is 2.15. The van der Waals surface area contributed by atoms with Crippen LogP contribution in [-0.4, -0.2) is 39.5 Å². The lowest BCUT2D eigenvalue weighted by Gasteiger charge is -2.22. The van der Waals surface area contributed by atoms with Crippen LogP contribution in [0.2, 0.25) is 0 Å². The molecule has 0 aromatic rings. The summed E-state index contributed by atoms with van der Waals surface area (Å²) in [5, 5.41) is 12.5. The van der Waals surface area contributed by atoms with Crippen molar-refractivity contribution < 1.29 is 9.32 Å². The average Bonchev–Trinajstić information content (AvgIpc) is 1.80. The zero-order valence-electron chi connectivity index (χ0n) is 8.26. The molecule has 2 unspecified atom stereocenters. The second-order valence-corrected chi connectivity index (χ2v) is 5.50. The fourth-order valence-electron chi connectivity index (χ4n) is 0.754. The summed E-state index contributed by atoms with van der Waals surface area (Å²) >= 11 is 0. The predicted molar refractivity (Wildman–Crippen MR) is 52.7 cm³/mol. The van der Waals surface area contributed by atoms with Crippen molar-refractivity contribution in [2.45, 2.75) is 32.4 Å². The minimum Gasteiger partial charge on any atom is -0.391 e. The highest BCUT2D eigenvalue weighted by atomic mass is 32.2. The lowest BCUT2D eigenvalue weighted by molar-refractivity contribution is 0.182. The van der Waals surface area contributed by atoms with Crippen LogP contribution in [0.15, 0.2) is 0 Å². The maximum Gasteiger partial charge on any atom is 0.0779 e. The molecule has 0 bridgehead atoms. The number of rotatable bonds is 4. The van der Waals surface area contributed by atoms with E-state index >= 15 is 0 Å². The van der Waals surface area contributed by atoms with Gasteiger partial charge in [0.1, 0.15) is 0 Å². The van der Waals surface area contributed by atoms with Gasteiger partial charge in [0.05, 0.1) is 11.9 Å². The number of β-amino-alcohol motifs (C(OH)–C–C–N with tert-alkyl or cyclic N) is 1. The Labute approximate surface area is 77.0 Å². The van der Waals surface area contributed by atoms with Gasteiger partial charge < -0.3 is 10.4 Å². The van der Waals surface area contributed by atoms with Crippen LogP contribution in [0.25, 0.3) is 0 Å². The predicted octanol–water partition coefficient (Wildman–Crippen LogP) is 0.114. The molecule has 0 amide bonds. The molecule has 0 aliphatic rings. The molecule has 0 aromatic carbocycles. The maximum absolute atomic E-state index is 10.7. The Morgan fingerprint density at radius 2 is 2.00 bits per heavy atom. The molecular formula is C8H19NO2S. The van der Waals surface area contributed by atoms with E-state index in [1.54, 1.807) is 6.26 Å². The van der Waals surface area contributed by atoms with Gasteiger partial charge in [-0.05, 0) is 20.8 Å². The average molecular weight is 193 g/mol. The molecule has 0 saturated heterocycles. The molecule has 0 aromatic heterocycles. The van der Waals surface area contributed by atoms with Gasteiger partial charge in [-0.15, -0.1) is 0 Å². The molecule has 0 aliphatic heterocycles. The monoisotopic (exact) mass is 193 g/mol. The summed E-state index contributed by atoms with van der Waals surface area (Å²) in [5.74, 6) is 0.350. The van der Waals surface area contributed by atoms with E-state index in [2.05, 4.69) is 5.32 Å². The third kappa shape index (κ3) is 8.17. The highest BCUT2D eigenvalue weighted by Gasteiger charge is 2.12. The zero-order chi connectivity index (χ0) is 9.78. The minimum atomic E-state index is -0.914. The second-order valence-electron chi connectivity index (χ2n) is 4.02. The van der Waals surface area contributed by atoms with Crippen molar-refractivity contribution in [3.63, 3.8) is 0 Å². The summed E-state index contributed by atoms with van der Waals surface area (Å²) in [4.78, 5) is 0. The molecule has 0 rings (SSSR count). The summed E-state index contributed by atoms with van der Waals surface area (Å²) in [7, 11) is -0.914. The van der Waals surface area contributed by atoms with Crippen LogP contribution in [0.1, 0.15) is 20.8 Å². The van der Waals surface area contributed by atoms with E-state index in [0.29, 0.717) is 12.3 Å². The zero-order valence-corrected chi connectivity index (χ0v) is 9.07. The first-order chi connectivity index (χ1) is 5.31. The van der Waals surface area contributed by atoms with Crippen molar-refractivity contribution in [3.8, 4) is 0 Å². The van der Waals surface area contributed by atoms with E-state index in [1.807, 2.05) is 20.8 Å². The van der Waals surface area contributed by atoms with Crippen LogP contribution in [0.3, 0.4) is 0 Å². The quantitative estimate of drug-likeness (QED) is 0.666. The van der Waals surface area contributed by atoms with Crippen LogP contribution in [0, 0.1) is 0 Å². The summed E-state index contributed by atoms with van der Waals surface area (Å²) in [6.07, 6.45) is 1.09. The summed E-state index contributed by atoms with van der Waals surface area (Å²) < 4.78 is 10.7. The SMILES string of the molecule is CS(=O)CC(O)CNC(C)(C)C. The fraction of sp³-hybridized carbons (Fsp3) is 1.00. The van der Waals surface area contributed by atoms with Crippen molar-refractivity contribution in [3.05, 3.63) is 0 Å². The van der Waals surface area contributed by atoms with Gasteiger partial charge in [-0.1, -0.05) is 0 Å². The van der Waals surface area contributed by atoms with Gasteiger partial charge in [-0.25, -0.2) is 0 Å². The first-order valence-corrected chi connectivity index (χ1v) is 5.77. The fourth-order valence-corrected chi connectivity index (χ4v) is 1.41. The molecule has 0 heterocycles. The molecule has 0 saturated carbocycles. The summed E-state index contributed by atoms with van der Waals surface area (Å²) in [6, 6.07) is 0. The molecule has 0 spiro atoms. The molecule has 2 N–H and O–H groups in total. The van der Waals surface area contributed by atoms with E-state index in [0.717, 1.165) is 0 Å². The molecule has 12 heavy (non-hydrogen) atoms. The van der Waals surface area contributed by atoms with Gasteiger partial charge in [0.2, 0.25) is 0 Å². The van der Waals surface area contributed by atoms with Crippen molar-refractivity contribution >= 4 is 10.8 Å². The van der Waals surface area contributed by atoms with E-state index in [-0.39, 0.29) is 5.54 Å². The Balaban J connectivity index is 3.57. The Morgan fingerprint density at radius 1 is 1.50 bits per heavy atom. The van der Waals surface area contributed by atoms with E-state index < -0.39 is 16.9 Å². The van der Waals surface area contributed by atoms with Gasteiger partial charge >= 0.3 is 0 Å². The van der Waals surface area contributed by atoms with Gasteiger partial charge in [-0.2, -0.15) is 0 Å². The number of hydrogen-bond acceptors (Lipinski definition) is 3. The van der Waals surface area contributed by atoms with Gasteiger partial charge in [-0.3, -0.25) is 4.21 Å². The van der Waals surface area contributed by atoms with E-state index in [1.165, 1.54) is 0 Å². The molecule has 0 fully saturated rings. The molecule has 0 radical (unpaired) electrons. The van der Waals surface area contributed by atoms with Gasteiger partial charge in [0, 0.05) is 29.1 Å². The number of hydrogen-bond donors (Lipinski definition) is 2. The van der Waals surface area contributed by atoms with Crippen LogP contribution in [0.5, 0.6) is 0 Å². The van der Waals surface area contributed by atoms with Crippen molar-refractivity contribution in [1.29, 1.82) is 0 Å². The van der Waals surface area contributed by atoms with Crippen molar-refractivity contribution in [1.82, 2.24) is 5.32 Å². The first-order valence-electron chi connectivity index (χ1n) is 4.04. The number of aliphatic hydroxyl groups is 1. The molecule has 4 heteroatoms. The van der Waals surface area contributed by atoms with Crippen LogP contribution >= 0.6 is 0 Å². The molecular weight excluding hydrogens is 174 g/mol. The Kier molecular flexibility index (Phi) is 4.97. The highest BCUT2D eigenvalue weighted by Crippen LogP contribution is 1.98. The van der Waals surface area contributed by atoms with Crippen LogP contribution in [-0.2, 0) is 10.8 Å². The number of aliphatic hydroxyl groups excluding tert-OH is 1. The minimum absolute atomic E-state index is 0.0101. The van der Waals surface area contributed by atoms with E-state index in [9.17, 15) is 9.32 Å². The lowest BCUT2D eigenvalue weighted by Crippen LogP contribution is -2.42. The largest absolute Gasteiger partial charge is 0.391 e. The summed E-state index contributed by atoms with van der Waals surface area (Å²) in [5.41, 5.74) is 0.0101. The summed E-state index contributed by atoms with van der Waals surface area (Å²) in [6.45, 7) is 6.59. The normalized spacial score (nSPS) is 17.4. The lowest BCUT2D eigenvalue weighted by atomic mass is 10.1. The second kappa shape index (κ2) is 4.94. The maximum atomic E-state index is 10.7. The Morgan fingerprint density at radius 3 is 2.33 bits per heavy atom. The van der Waals surface area contributed by atoms with Crippen molar-refractivity contribution in [2.75, 3.05) is 18.6 Å². The Bertz CT molecular complexity index is 154. The van der Waals surface area contributed by atoms with Gasteiger partial charge in [0.15, 0.2) is 0 Å². The Hall–Kier alpha value is 0.0700. The topological polar surface area (TPSA) is 49.3 Å². The molecule has 3 nitrogen and oxygen atoms in total. The molecule has 2 atom stereocenters. The highest BCUT2D eigenvalue weighted by molar-refractivity contribution is 7.84.